The van der Waals surface area contributed by atoms with E-state index in [9.17, 15) is 0 Å². The second kappa shape index (κ2) is 6.94. The average molecular weight is 180 g/mol. The van der Waals surface area contributed by atoms with E-state index in [1.54, 1.807) is 11.3 Å². The minimum atomic E-state index is 1.04. The monoisotopic (exact) mass is 180 g/mol. The SMILES string of the molecule is C#Cc1cscc1CC.CCC. The standard InChI is InChI=1S/C8H8S.C3H8/c1-3-7-5-9-6-8(7)4-2;1-3-2/h1,5-6H,4H2,2H3;3H2,1-2H3. The van der Waals surface area contributed by atoms with Crippen molar-refractivity contribution in [2.45, 2.75) is 33.6 Å². The van der Waals surface area contributed by atoms with Crippen molar-refractivity contribution in [1.82, 2.24) is 0 Å². The molecule has 0 atom stereocenters. The molecule has 1 heterocycles. The Morgan fingerprint density at radius 2 is 1.92 bits per heavy atom. The van der Waals surface area contributed by atoms with Gasteiger partial charge < -0.3 is 0 Å². The number of hydrogen-bond acceptors (Lipinski definition) is 1. The van der Waals surface area contributed by atoms with Crippen LogP contribution in [0, 0.1) is 12.3 Å². The van der Waals surface area contributed by atoms with E-state index < -0.39 is 0 Å². The van der Waals surface area contributed by atoms with Gasteiger partial charge in [-0.1, -0.05) is 33.1 Å². The first-order chi connectivity index (χ1) is 5.79. The lowest BCUT2D eigenvalue weighted by Gasteiger charge is -1.87. The van der Waals surface area contributed by atoms with Gasteiger partial charge in [0.2, 0.25) is 0 Å². The largest absolute Gasteiger partial charge is 0.151 e. The molecule has 0 aliphatic rings. The maximum atomic E-state index is 5.23. The lowest BCUT2D eigenvalue weighted by atomic mass is 10.2. The molecule has 0 saturated carbocycles. The van der Waals surface area contributed by atoms with Crippen molar-refractivity contribution in [3.05, 3.63) is 21.9 Å². The van der Waals surface area contributed by atoms with Gasteiger partial charge >= 0.3 is 0 Å². The molecule has 0 nitrogen and oxygen atoms in total. The lowest BCUT2D eigenvalue weighted by Crippen LogP contribution is -1.77. The molecule has 0 N–H and O–H groups in total. The highest BCUT2D eigenvalue weighted by molar-refractivity contribution is 7.08. The van der Waals surface area contributed by atoms with Gasteiger partial charge in [0, 0.05) is 10.9 Å². The zero-order valence-electron chi connectivity index (χ0n) is 8.05. The Morgan fingerprint density at radius 1 is 1.33 bits per heavy atom. The van der Waals surface area contributed by atoms with E-state index in [2.05, 4.69) is 32.1 Å². The molecule has 0 amide bonds. The van der Waals surface area contributed by atoms with Crippen LogP contribution in [-0.2, 0) is 6.42 Å². The minimum absolute atomic E-state index is 1.04. The summed E-state index contributed by atoms with van der Waals surface area (Å²) in [4.78, 5) is 0. The van der Waals surface area contributed by atoms with E-state index in [0.717, 1.165) is 12.0 Å². The maximum absolute atomic E-state index is 5.23. The van der Waals surface area contributed by atoms with Crippen LogP contribution in [0.15, 0.2) is 10.8 Å². The predicted octanol–water partition coefficient (Wildman–Crippen LogP) is 3.71. The van der Waals surface area contributed by atoms with Crippen LogP contribution in [0.1, 0.15) is 38.3 Å². The van der Waals surface area contributed by atoms with Crippen LogP contribution >= 0.6 is 11.3 Å². The molecule has 0 aliphatic carbocycles. The van der Waals surface area contributed by atoms with Crippen LogP contribution in [-0.4, -0.2) is 0 Å². The Kier molecular flexibility index (Phi) is 6.51. The summed E-state index contributed by atoms with van der Waals surface area (Å²) in [6.45, 7) is 6.36. The number of thiophene rings is 1. The van der Waals surface area contributed by atoms with Gasteiger partial charge in [0.25, 0.3) is 0 Å². The van der Waals surface area contributed by atoms with Crippen LogP contribution in [0.2, 0.25) is 0 Å². The van der Waals surface area contributed by atoms with Crippen LogP contribution in [0.3, 0.4) is 0 Å². The molecule has 0 saturated heterocycles. The van der Waals surface area contributed by atoms with E-state index in [1.165, 1.54) is 12.0 Å². The molecule has 1 aromatic heterocycles. The van der Waals surface area contributed by atoms with E-state index in [-0.39, 0.29) is 0 Å². The fraction of sp³-hybridized carbons (Fsp3) is 0.455. The van der Waals surface area contributed by atoms with Gasteiger partial charge in [-0.2, -0.15) is 11.3 Å². The number of aryl methyl sites for hydroxylation is 1. The van der Waals surface area contributed by atoms with Crippen LogP contribution < -0.4 is 0 Å². The topological polar surface area (TPSA) is 0 Å². The Labute approximate surface area is 79.6 Å². The first-order valence-electron chi connectivity index (χ1n) is 4.31. The summed E-state index contributed by atoms with van der Waals surface area (Å²) < 4.78 is 0. The molecule has 0 bridgehead atoms. The summed E-state index contributed by atoms with van der Waals surface area (Å²) in [5.41, 5.74) is 2.35. The first-order valence-corrected chi connectivity index (χ1v) is 5.26. The van der Waals surface area contributed by atoms with E-state index >= 15 is 0 Å². The van der Waals surface area contributed by atoms with Crippen molar-refractivity contribution < 1.29 is 0 Å². The third-order valence-corrected chi connectivity index (χ3v) is 2.07. The van der Waals surface area contributed by atoms with Gasteiger partial charge in [-0.05, 0) is 17.4 Å². The smallest absolute Gasteiger partial charge is 0.0381 e. The first kappa shape index (κ1) is 11.3. The Morgan fingerprint density at radius 3 is 2.25 bits per heavy atom. The predicted molar refractivity (Wildman–Crippen MR) is 57.6 cm³/mol. The van der Waals surface area contributed by atoms with E-state index in [0.29, 0.717) is 0 Å². The molecule has 12 heavy (non-hydrogen) atoms. The van der Waals surface area contributed by atoms with Gasteiger partial charge in [0.1, 0.15) is 0 Å². The molecule has 1 heteroatoms. The minimum Gasteiger partial charge on any atom is -0.151 e. The van der Waals surface area contributed by atoms with Crippen LogP contribution in [0.4, 0.5) is 0 Å². The number of hydrogen-bond donors (Lipinski definition) is 0. The van der Waals surface area contributed by atoms with E-state index in [1.807, 2.05) is 5.38 Å². The van der Waals surface area contributed by atoms with Crippen molar-refractivity contribution in [2.24, 2.45) is 0 Å². The summed E-state index contributed by atoms with van der Waals surface area (Å²) in [6.07, 6.45) is 7.52. The normalized spacial score (nSPS) is 8.17. The molecular formula is C11H16S. The van der Waals surface area contributed by atoms with Crippen molar-refractivity contribution in [3.63, 3.8) is 0 Å². The highest BCUT2D eigenvalue weighted by Crippen LogP contribution is 2.13. The molecule has 0 radical (unpaired) electrons. The van der Waals surface area contributed by atoms with Crippen molar-refractivity contribution in [2.75, 3.05) is 0 Å². The molecule has 0 fully saturated rings. The zero-order valence-corrected chi connectivity index (χ0v) is 8.87. The second-order valence-corrected chi connectivity index (χ2v) is 3.26. The number of rotatable bonds is 1. The van der Waals surface area contributed by atoms with Gasteiger partial charge in [-0.3, -0.25) is 0 Å². The summed E-state index contributed by atoms with van der Waals surface area (Å²) in [5.74, 6) is 2.64. The third kappa shape index (κ3) is 3.59. The molecule has 1 aromatic rings. The summed E-state index contributed by atoms with van der Waals surface area (Å²) in [7, 11) is 0. The summed E-state index contributed by atoms with van der Waals surface area (Å²) in [6, 6.07) is 0. The molecule has 0 spiro atoms. The highest BCUT2D eigenvalue weighted by atomic mass is 32.1. The summed E-state index contributed by atoms with van der Waals surface area (Å²) >= 11 is 1.67. The summed E-state index contributed by atoms with van der Waals surface area (Å²) in [5, 5.41) is 4.12. The van der Waals surface area contributed by atoms with Crippen LogP contribution in [0.5, 0.6) is 0 Å². The highest BCUT2D eigenvalue weighted by Gasteiger charge is 1.95. The van der Waals surface area contributed by atoms with Gasteiger partial charge in [0.05, 0.1) is 0 Å². The quantitative estimate of drug-likeness (QED) is 0.578. The molecule has 1 rings (SSSR count). The van der Waals surface area contributed by atoms with Crippen molar-refractivity contribution >= 4 is 11.3 Å². The molecule has 0 aromatic carbocycles. The molecule has 0 unspecified atom stereocenters. The number of terminal acetylenes is 1. The van der Waals surface area contributed by atoms with Crippen molar-refractivity contribution in [3.8, 4) is 12.3 Å². The second-order valence-electron chi connectivity index (χ2n) is 2.52. The molecular weight excluding hydrogens is 164 g/mol. The van der Waals surface area contributed by atoms with Gasteiger partial charge in [-0.15, -0.1) is 6.42 Å². The Bertz CT molecular complexity index is 240. The van der Waals surface area contributed by atoms with Gasteiger partial charge in [-0.25, -0.2) is 0 Å². The molecule has 66 valence electrons. The lowest BCUT2D eigenvalue weighted by molar-refractivity contribution is 1.09. The van der Waals surface area contributed by atoms with Gasteiger partial charge in [0.15, 0.2) is 0 Å². The fourth-order valence-corrected chi connectivity index (χ4v) is 1.61. The Hall–Kier alpha value is -0.740. The zero-order chi connectivity index (χ0) is 9.40. The van der Waals surface area contributed by atoms with E-state index in [4.69, 9.17) is 6.42 Å². The maximum Gasteiger partial charge on any atom is 0.0381 e. The Balaban J connectivity index is 0.000000354. The molecule has 0 aliphatic heterocycles. The third-order valence-electron chi connectivity index (χ3n) is 1.28. The van der Waals surface area contributed by atoms with Crippen molar-refractivity contribution in [1.29, 1.82) is 0 Å². The van der Waals surface area contributed by atoms with Crippen LogP contribution in [0.25, 0.3) is 0 Å². The fourth-order valence-electron chi connectivity index (χ4n) is 0.724. The average Bonchev–Trinajstić information content (AvgIpc) is 2.52.